The SMILES string of the molecule is Cc1cc(C)nc(SCc2nc3cc(NC(=O)[C@H]4COc5ccccc5O4)ccc3n2C)n1. The maximum Gasteiger partial charge on any atom is 0.269 e. The Morgan fingerprint density at radius 3 is 2.64 bits per heavy atom. The molecule has 1 amide bonds. The van der Waals surface area contributed by atoms with Crippen LogP contribution < -0.4 is 14.8 Å². The number of anilines is 1. The van der Waals surface area contributed by atoms with Crippen molar-refractivity contribution < 1.29 is 14.3 Å². The van der Waals surface area contributed by atoms with Crippen molar-refractivity contribution >= 4 is 34.4 Å². The van der Waals surface area contributed by atoms with Crippen LogP contribution in [0.25, 0.3) is 11.0 Å². The predicted molar refractivity (Wildman–Crippen MR) is 127 cm³/mol. The standard InChI is InChI=1S/C24H23N5O3S/c1-14-10-15(2)26-24(25-14)33-13-22-28-17-11-16(8-9-18(17)29(22)3)27-23(30)21-12-31-19-6-4-5-7-20(19)32-21/h4-11,21H,12-13H2,1-3H3,(H,27,30)/t21-/m1/s1. The third kappa shape index (κ3) is 4.49. The van der Waals surface area contributed by atoms with Crippen LogP contribution in [0, 0.1) is 13.8 Å². The van der Waals surface area contributed by atoms with Crippen molar-refractivity contribution in [2.24, 2.45) is 7.05 Å². The number of hydrogen-bond donors (Lipinski definition) is 1. The molecule has 2 aromatic heterocycles. The minimum atomic E-state index is -0.718. The summed E-state index contributed by atoms with van der Waals surface area (Å²) in [6.07, 6.45) is -0.718. The molecule has 0 saturated heterocycles. The molecule has 0 aliphatic carbocycles. The lowest BCUT2D eigenvalue weighted by molar-refractivity contribution is -0.125. The van der Waals surface area contributed by atoms with Gasteiger partial charge in [-0.05, 0) is 50.2 Å². The number of para-hydroxylation sites is 2. The van der Waals surface area contributed by atoms with Crippen molar-refractivity contribution in [3.8, 4) is 11.5 Å². The molecule has 0 bridgehead atoms. The Bertz CT molecular complexity index is 1330. The Labute approximate surface area is 195 Å². The molecule has 0 unspecified atom stereocenters. The van der Waals surface area contributed by atoms with Crippen molar-refractivity contribution in [2.45, 2.75) is 30.9 Å². The van der Waals surface area contributed by atoms with Gasteiger partial charge in [-0.1, -0.05) is 23.9 Å². The van der Waals surface area contributed by atoms with Crippen molar-refractivity contribution in [1.82, 2.24) is 19.5 Å². The van der Waals surface area contributed by atoms with E-state index >= 15 is 0 Å². The number of imidazole rings is 1. The fraction of sp³-hybridized carbons (Fsp3) is 0.250. The van der Waals surface area contributed by atoms with Gasteiger partial charge in [-0.3, -0.25) is 4.79 Å². The van der Waals surface area contributed by atoms with Crippen molar-refractivity contribution in [2.75, 3.05) is 11.9 Å². The summed E-state index contributed by atoms with van der Waals surface area (Å²) in [6, 6.07) is 15.0. The highest BCUT2D eigenvalue weighted by Gasteiger charge is 2.27. The van der Waals surface area contributed by atoms with Gasteiger partial charge >= 0.3 is 0 Å². The molecule has 168 valence electrons. The van der Waals surface area contributed by atoms with Gasteiger partial charge in [0.1, 0.15) is 12.4 Å². The third-order valence-corrected chi connectivity index (χ3v) is 6.18. The number of rotatable bonds is 5. The molecule has 9 heteroatoms. The summed E-state index contributed by atoms with van der Waals surface area (Å²) in [4.78, 5) is 26.5. The third-order valence-electron chi connectivity index (χ3n) is 5.33. The van der Waals surface area contributed by atoms with E-state index in [1.54, 1.807) is 17.8 Å². The van der Waals surface area contributed by atoms with Crippen LogP contribution in [0.3, 0.4) is 0 Å². The van der Waals surface area contributed by atoms with Crippen LogP contribution in [0.1, 0.15) is 17.2 Å². The lowest BCUT2D eigenvalue weighted by atomic mass is 10.2. The van der Waals surface area contributed by atoms with Crippen LogP contribution in [0.15, 0.2) is 53.7 Å². The summed E-state index contributed by atoms with van der Waals surface area (Å²) in [6.45, 7) is 4.09. The molecule has 5 rings (SSSR count). The quantitative estimate of drug-likeness (QED) is 0.354. The van der Waals surface area contributed by atoms with Crippen LogP contribution in [-0.4, -0.2) is 38.1 Å². The summed E-state index contributed by atoms with van der Waals surface area (Å²) >= 11 is 1.55. The molecule has 2 aromatic carbocycles. The summed E-state index contributed by atoms with van der Waals surface area (Å²) < 4.78 is 13.5. The Balaban J connectivity index is 1.29. The minimum Gasteiger partial charge on any atom is -0.485 e. The van der Waals surface area contributed by atoms with Gasteiger partial charge < -0.3 is 19.4 Å². The van der Waals surface area contributed by atoms with Gasteiger partial charge in [-0.2, -0.15) is 0 Å². The second kappa shape index (κ2) is 8.74. The molecule has 1 aliphatic heterocycles. The second-order valence-electron chi connectivity index (χ2n) is 7.87. The molecule has 0 spiro atoms. The van der Waals surface area contributed by atoms with Gasteiger partial charge in [0.15, 0.2) is 16.7 Å². The van der Waals surface area contributed by atoms with E-state index in [-0.39, 0.29) is 12.5 Å². The molecule has 1 aliphatic rings. The topological polar surface area (TPSA) is 91.2 Å². The zero-order valence-corrected chi connectivity index (χ0v) is 19.3. The highest BCUT2D eigenvalue weighted by Crippen LogP contribution is 2.31. The summed E-state index contributed by atoms with van der Waals surface area (Å²) in [7, 11) is 1.98. The summed E-state index contributed by atoms with van der Waals surface area (Å²) in [5, 5.41) is 3.65. The largest absolute Gasteiger partial charge is 0.485 e. The highest BCUT2D eigenvalue weighted by molar-refractivity contribution is 7.98. The fourth-order valence-electron chi connectivity index (χ4n) is 3.72. The number of carbonyl (C=O) groups excluding carboxylic acids is 1. The van der Waals surface area contributed by atoms with E-state index in [0.29, 0.717) is 22.9 Å². The number of aryl methyl sites for hydroxylation is 3. The zero-order valence-electron chi connectivity index (χ0n) is 18.5. The molecular weight excluding hydrogens is 438 g/mol. The van der Waals surface area contributed by atoms with Crippen molar-refractivity contribution in [3.63, 3.8) is 0 Å². The van der Waals surface area contributed by atoms with Gasteiger partial charge in [0.2, 0.25) is 6.10 Å². The Hall–Kier alpha value is -3.59. The molecule has 0 radical (unpaired) electrons. The highest BCUT2D eigenvalue weighted by atomic mass is 32.2. The van der Waals surface area contributed by atoms with Gasteiger partial charge in [0.25, 0.3) is 5.91 Å². The Morgan fingerprint density at radius 1 is 1.09 bits per heavy atom. The zero-order chi connectivity index (χ0) is 22.9. The molecule has 0 fully saturated rings. The van der Waals surface area contributed by atoms with Gasteiger partial charge in [-0.25, -0.2) is 15.0 Å². The maximum atomic E-state index is 12.7. The first-order chi connectivity index (χ1) is 16.0. The fourth-order valence-corrected chi connectivity index (χ4v) is 4.65. The van der Waals surface area contributed by atoms with Crippen LogP contribution in [0.2, 0.25) is 0 Å². The number of benzene rings is 2. The molecule has 33 heavy (non-hydrogen) atoms. The van der Waals surface area contributed by atoms with Crippen LogP contribution in [0.4, 0.5) is 5.69 Å². The van der Waals surface area contributed by atoms with E-state index in [9.17, 15) is 4.79 Å². The lowest BCUT2D eigenvalue weighted by Crippen LogP contribution is -2.40. The number of carbonyl (C=O) groups is 1. The predicted octanol–water partition coefficient (Wildman–Crippen LogP) is 4.05. The molecular formula is C24H23N5O3S. The van der Waals surface area contributed by atoms with Crippen molar-refractivity contribution in [1.29, 1.82) is 0 Å². The molecule has 3 heterocycles. The number of hydrogen-bond acceptors (Lipinski definition) is 7. The van der Waals surface area contributed by atoms with E-state index in [2.05, 4.69) is 15.3 Å². The first kappa shape index (κ1) is 21.3. The molecule has 8 nitrogen and oxygen atoms in total. The second-order valence-corrected chi connectivity index (χ2v) is 8.81. The Morgan fingerprint density at radius 2 is 1.85 bits per heavy atom. The first-order valence-electron chi connectivity index (χ1n) is 10.6. The van der Waals surface area contributed by atoms with Gasteiger partial charge in [-0.15, -0.1) is 0 Å². The van der Waals surface area contributed by atoms with Gasteiger partial charge in [0.05, 0.1) is 16.8 Å². The number of fused-ring (bicyclic) bond motifs is 2. The Kier molecular flexibility index (Phi) is 5.63. The summed E-state index contributed by atoms with van der Waals surface area (Å²) in [5.41, 5.74) is 4.34. The van der Waals surface area contributed by atoms with Gasteiger partial charge in [0, 0.05) is 24.1 Å². The number of nitrogens with zero attached hydrogens (tertiary/aromatic N) is 4. The average molecular weight is 462 g/mol. The van der Waals surface area contributed by atoms with E-state index < -0.39 is 6.10 Å². The van der Waals surface area contributed by atoms with E-state index in [1.807, 2.05) is 67.9 Å². The van der Waals surface area contributed by atoms with Crippen LogP contribution in [-0.2, 0) is 17.6 Å². The number of amides is 1. The number of thioether (sulfide) groups is 1. The number of ether oxygens (including phenoxy) is 2. The first-order valence-corrected chi connectivity index (χ1v) is 11.5. The van der Waals surface area contributed by atoms with Crippen LogP contribution >= 0.6 is 11.8 Å². The van der Waals surface area contributed by atoms with Crippen molar-refractivity contribution in [3.05, 3.63) is 65.7 Å². The smallest absolute Gasteiger partial charge is 0.269 e. The monoisotopic (exact) mass is 461 g/mol. The summed E-state index contributed by atoms with van der Waals surface area (Å²) in [5.74, 6) is 2.50. The van der Waals surface area contributed by atoms with E-state index in [0.717, 1.165) is 33.4 Å². The van der Waals surface area contributed by atoms with E-state index in [1.165, 1.54) is 0 Å². The van der Waals surface area contributed by atoms with Crippen LogP contribution in [0.5, 0.6) is 11.5 Å². The number of aromatic nitrogens is 4. The number of nitrogens with one attached hydrogen (secondary N) is 1. The lowest BCUT2D eigenvalue weighted by Gasteiger charge is -2.25. The normalized spacial score (nSPS) is 14.9. The molecule has 1 atom stereocenters. The van der Waals surface area contributed by atoms with E-state index in [4.69, 9.17) is 14.5 Å². The molecule has 4 aromatic rings. The minimum absolute atomic E-state index is 0.163. The molecule has 0 saturated carbocycles. The maximum absolute atomic E-state index is 12.7. The average Bonchev–Trinajstić information content (AvgIpc) is 3.11. The molecule has 1 N–H and O–H groups in total.